The van der Waals surface area contributed by atoms with Crippen molar-refractivity contribution in [1.29, 1.82) is 0 Å². The lowest BCUT2D eigenvalue weighted by molar-refractivity contribution is -0.188. The van der Waals surface area contributed by atoms with Gasteiger partial charge in [0.2, 0.25) is 0 Å². The van der Waals surface area contributed by atoms with Crippen molar-refractivity contribution < 1.29 is 42.8 Å². The molecule has 24 heavy (non-hydrogen) atoms. The third-order valence-electron chi connectivity index (χ3n) is 3.12. The van der Waals surface area contributed by atoms with Crippen molar-refractivity contribution in [2.45, 2.75) is 45.2 Å². The van der Waals surface area contributed by atoms with Gasteiger partial charge < -0.3 is 28.4 Å². The lowest BCUT2D eigenvalue weighted by Crippen LogP contribution is -2.52. The summed E-state index contributed by atoms with van der Waals surface area (Å²) in [6.45, 7) is 3.44. The molecule has 0 N–H and O–H groups in total. The van der Waals surface area contributed by atoms with Crippen LogP contribution in [0.15, 0.2) is 0 Å². The van der Waals surface area contributed by atoms with Gasteiger partial charge in [-0.1, -0.05) is 0 Å². The van der Waals surface area contributed by atoms with Gasteiger partial charge in [0.05, 0.1) is 0 Å². The molecule has 0 heterocycles. The van der Waals surface area contributed by atoms with Gasteiger partial charge in [0.15, 0.2) is 6.10 Å². The SMILES string of the molecule is CO[C@H]([C@H](OC)[C@@H](COC(C)=O)OC(C)=O)[C@@H](COC(C)=O)OC. The minimum atomic E-state index is -0.920. The van der Waals surface area contributed by atoms with E-state index in [0.29, 0.717) is 0 Å². The first-order valence-corrected chi connectivity index (χ1v) is 7.29. The van der Waals surface area contributed by atoms with Gasteiger partial charge in [0.1, 0.15) is 31.5 Å². The first kappa shape index (κ1) is 22.3. The number of carbonyl (C=O) groups is 3. The fourth-order valence-electron chi connectivity index (χ4n) is 2.10. The third-order valence-corrected chi connectivity index (χ3v) is 3.12. The molecule has 0 bridgehead atoms. The van der Waals surface area contributed by atoms with E-state index in [9.17, 15) is 14.4 Å². The normalized spacial score (nSPS) is 15.8. The Balaban J connectivity index is 5.26. The predicted molar refractivity (Wildman–Crippen MR) is 81.2 cm³/mol. The maximum atomic E-state index is 11.3. The van der Waals surface area contributed by atoms with E-state index in [2.05, 4.69) is 0 Å². The smallest absolute Gasteiger partial charge is 0.303 e. The second-order valence-electron chi connectivity index (χ2n) is 4.93. The van der Waals surface area contributed by atoms with Crippen LogP contribution in [0.3, 0.4) is 0 Å². The zero-order valence-electron chi connectivity index (χ0n) is 14.9. The van der Waals surface area contributed by atoms with Crippen LogP contribution in [-0.4, -0.2) is 76.9 Å². The molecule has 0 amide bonds. The predicted octanol–water partition coefficient (Wildman–Crippen LogP) is 0.0893. The number of rotatable bonds is 11. The molecule has 0 aliphatic carbocycles. The highest BCUT2D eigenvalue weighted by Gasteiger charge is 2.38. The Labute approximate surface area is 141 Å². The van der Waals surface area contributed by atoms with Crippen LogP contribution in [0.2, 0.25) is 0 Å². The lowest BCUT2D eigenvalue weighted by atomic mass is 10.0. The second kappa shape index (κ2) is 11.8. The molecule has 0 aliphatic heterocycles. The Morgan fingerprint density at radius 3 is 1.42 bits per heavy atom. The molecule has 0 aromatic heterocycles. The first-order valence-electron chi connectivity index (χ1n) is 7.29. The molecular weight excluding hydrogens is 324 g/mol. The Morgan fingerprint density at radius 2 is 1.08 bits per heavy atom. The maximum absolute atomic E-state index is 11.3. The minimum absolute atomic E-state index is 0.0788. The van der Waals surface area contributed by atoms with Crippen LogP contribution in [0.1, 0.15) is 20.8 Å². The van der Waals surface area contributed by atoms with Crippen LogP contribution >= 0.6 is 0 Å². The minimum Gasteiger partial charge on any atom is -0.463 e. The van der Waals surface area contributed by atoms with Crippen LogP contribution in [0.5, 0.6) is 0 Å². The fraction of sp³-hybridized carbons (Fsp3) is 0.800. The van der Waals surface area contributed by atoms with Crippen molar-refractivity contribution in [3.05, 3.63) is 0 Å². The van der Waals surface area contributed by atoms with Crippen molar-refractivity contribution in [2.24, 2.45) is 0 Å². The highest BCUT2D eigenvalue weighted by Crippen LogP contribution is 2.18. The number of methoxy groups -OCH3 is 3. The molecular formula is C15H26O9. The number of ether oxygens (including phenoxy) is 6. The Bertz CT molecular complexity index is 410. The molecule has 0 aliphatic rings. The summed E-state index contributed by atoms with van der Waals surface area (Å²) >= 11 is 0. The van der Waals surface area contributed by atoms with E-state index in [1.165, 1.54) is 42.1 Å². The van der Waals surface area contributed by atoms with E-state index < -0.39 is 42.3 Å². The molecule has 140 valence electrons. The molecule has 0 rings (SSSR count). The zero-order valence-corrected chi connectivity index (χ0v) is 14.9. The van der Waals surface area contributed by atoms with Gasteiger partial charge in [0.25, 0.3) is 0 Å². The van der Waals surface area contributed by atoms with Crippen LogP contribution in [-0.2, 0) is 42.8 Å². The van der Waals surface area contributed by atoms with Gasteiger partial charge in [-0.2, -0.15) is 0 Å². The third kappa shape index (κ3) is 8.23. The summed E-state index contributed by atoms with van der Waals surface area (Å²) < 4.78 is 31.1. The topological polar surface area (TPSA) is 107 Å². The van der Waals surface area contributed by atoms with Crippen LogP contribution in [0.25, 0.3) is 0 Å². The monoisotopic (exact) mass is 350 g/mol. The largest absolute Gasteiger partial charge is 0.463 e. The highest BCUT2D eigenvalue weighted by molar-refractivity contribution is 5.67. The van der Waals surface area contributed by atoms with E-state index >= 15 is 0 Å². The number of carbonyl (C=O) groups excluding carboxylic acids is 3. The summed E-state index contributed by atoms with van der Waals surface area (Å²) in [4.78, 5) is 33.4. The van der Waals surface area contributed by atoms with Gasteiger partial charge in [-0.05, 0) is 0 Å². The van der Waals surface area contributed by atoms with E-state index in [4.69, 9.17) is 28.4 Å². The maximum Gasteiger partial charge on any atom is 0.303 e. The van der Waals surface area contributed by atoms with Crippen molar-refractivity contribution >= 4 is 17.9 Å². The summed E-state index contributed by atoms with van der Waals surface area (Å²) in [7, 11) is 4.21. The number of esters is 3. The van der Waals surface area contributed by atoms with E-state index in [-0.39, 0.29) is 13.2 Å². The average molecular weight is 350 g/mol. The Morgan fingerprint density at radius 1 is 0.667 bits per heavy atom. The van der Waals surface area contributed by atoms with Crippen molar-refractivity contribution in [3.8, 4) is 0 Å². The summed E-state index contributed by atoms with van der Waals surface area (Å²) in [5.74, 6) is -1.57. The molecule has 0 fully saturated rings. The molecule has 0 unspecified atom stereocenters. The molecule has 0 aromatic carbocycles. The Kier molecular flexibility index (Phi) is 10.9. The van der Waals surface area contributed by atoms with Crippen molar-refractivity contribution in [3.63, 3.8) is 0 Å². The van der Waals surface area contributed by atoms with E-state index in [1.54, 1.807) is 0 Å². The number of hydrogen-bond acceptors (Lipinski definition) is 9. The molecule has 4 atom stereocenters. The fourth-order valence-corrected chi connectivity index (χ4v) is 2.10. The Hall–Kier alpha value is -1.71. The van der Waals surface area contributed by atoms with Crippen LogP contribution in [0.4, 0.5) is 0 Å². The molecule has 9 heteroatoms. The summed E-state index contributed by atoms with van der Waals surface area (Å²) in [5.41, 5.74) is 0. The number of hydrogen-bond donors (Lipinski definition) is 0. The average Bonchev–Trinajstić information content (AvgIpc) is 2.50. The molecule has 0 saturated heterocycles. The van der Waals surface area contributed by atoms with E-state index in [1.807, 2.05) is 0 Å². The summed E-state index contributed by atoms with van der Waals surface area (Å²) in [6.07, 6.45) is -3.17. The van der Waals surface area contributed by atoms with Gasteiger partial charge in [0, 0.05) is 42.1 Å². The van der Waals surface area contributed by atoms with Crippen LogP contribution < -0.4 is 0 Å². The van der Waals surface area contributed by atoms with Gasteiger partial charge in [-0.3, -0.25) is 14.4 Å². The molecule has 0 aromatic rings. The van der Waals surface area contributed by atoms with Crippen LogP contribution in [0, 0.1) is 0 Å². The van der Waals surface area contributed by atoms with Gasteiger partial charge in [-0.25, -0.2) is 0 Å². The van der Waals surface area contributed by atoms with Gasteiger partial charge >= 0.3 is 17.9 Å². The molecule has 0 spiro atoms. The zero-order chi connectivity index (χ0) is 18.7. The summed E-state index contributed by atoms with van der Waals surface area (Å²) in [5, 5.41) is 0. The molecule has 0 radical (unpaired) electrons. The van der Waals surface area contributed by atoms with Crippen molar-refractivity contribution in [1.82, 2.24) is 0 Å². The molecule has 0 saturated carbocycles. The lowest BCUT2D eigenvalue weighted by Gasteiger charge is -2.34. The van der Waals surface area contributed by atoms with E-state index in [0.717, 1.165) is 0 Å². The van der Waals surface area contributed by atoms with Crippen molar-refractivity contribution in [2.75, 3.05) is 34.5 Å². The molecule has 9 nitrogen and oxygen atoms in total. The quantitative estimate of drug-likeness (QED) is 0.378. The first-order chi connectivity index (χ1) is 11.3. The second-order valence-corrected chi connectivity index (χ2v) is 4.93. The summed E-state index contributed by atoms with van der Waals surface area (Å²) in [6, 6.07) is 0. The highest BCUT2D eigenvalue weighted by atomic mass is 16.6. The van der Waals surface area contributed by atoms with Gasteiger partial charge in [-0.15, -0.1) is 0 Å². The standard InChI is InChI=1S/C15H26O9/c1-9(16)22-7-12(19-4)14(20-5)15(21-6)13(24-11(3)18)8-23-10(2)17/h12-15H,7-8H2,1-6H3/t12-,13-,14+,15-/m1/s1.